The van der Waals surface area contributed by atoms with Gasteiger partial charge in [0.05, 0.1) is 17.6 Å². The second-order valence-corrected chi connectivity index (χ2v) is 7.61. The third-order valence-corrected chi connectivity index (χ3v) is 5.43. The fourth-order valence-corrected chi connectivity index (χ4v) is 3.56. The van der Waals surface area contributed by atoms with Crippen LogP contribution in [0.4, 0.5) is 0 Å². The molecule has 0 aliphatic carbocycles. The van der Waals surface area contributed by atoms with E-state index in [-0.39, 0.29) is 42.1 Å². The van der Waals surface area contributed by atoms with Gasteiger partial charge in [0.1, 0.15) is 5.75 Å². The molecule has 0 radical (unpaired) electrons. The summed E-state index contributed by atoms with van der Waals surface area (Å²) in [7, 11) is -3.66. The maximum absolute atomic E-state index is 12.2. The number of hydrogen-bond donors (Lipinski definition) is 4. The monoisotopic (exact) mass is 407 g/mol. The van der Waals surface area contributed by atoms with Crippen LogP contribution in [-0.2, 0) is 14.8 Å². The molecular weight excluding hydrogens is 382 g/mol. The van der Waals surface area contributed by atoms with Gasteiger partial charge in [0.25, 0.3) is 0 Å². The van der Waals surface area contributed by atoms with Crippen molar-refractivity contribution in [1.29, 1.82) is 0 Å². The van der Waals surface area contributed by atoms with Gasteiger partial charge in [-0.15, -0.1) is 12.4 Å². The van der Waals surface area contributed by atoms with E-state index in [1.165, 1.54) is 12.1 Å². The summed E-state index contributed by atoms with van der Waals surface area (Å²) in [5.41, 5.74) is 0. The highest BCUT2D eigenvalue weighted by Crippen LogP contribution is 2.15. The van der Waals surface area contributed by atoms with Crippen molar-refractivity contribution in [3.05, 3.63) is 24.3 Å². The van der Waals surface area contributed by atoms with Crippen LogP contribution in [-0.4, -0.2) is 58.3 Å². The molecule has 148 valence electrons. The number of carbonyl (C=O) groups excluding carboxylic acids is 1. The molecule has 0 aromatic heterocycles. The van der Waals surface area contributed by atoms with Crippen LogP contribution in [0, 0.1) is 5.92 Å². The van der Waals surface area contributed by atoms with Gasteiger partial charge in [0, 0.05) is 38.5 Å². The zero-order chi connectivity index (χ0) is 18.3. The summed E-state index contributed by atoms with van der Waals surface area (Å²) >= 11 is 0. The van der Waals surface area contributed by atoms with Crippen molar-refractivity contribution in [3.63, 3.8) is 0 Å². The average molecular weight is 408 g/mol. The van der Waals surface area contributed by atoms with Crippen molar-refractivity contribution in [2.45, 2.75) is 24.3 Å². The van der Waals surface area contributed by atoms with Crippen LogP contribution in [0.15, 0.2) is 29.2 Å². The Morgan fingerprint density at radius 2 is 2.00 bits per heavy atom. The number of ether oxygens (including phenoxy) is 1. The van der Waals surface area contributed by atoms with E-state index < -0.39 is 16.1 Å². The molecule has 1 fully saturated rings. The standard InChI is InChI=1S/C16H25N3O5S.ClH/c1-2-24-13-3-5-14(6-4-13)25(22,23)19-8-7-16(21)18-10-12-9-17-11-15(12)20;/h3-6,12,15,17,19-20H,2,7-11H2,1H3,(H,18,21);1H. The highest BCUT2D eigenvalue weighted by Gasteiger charge is 2.25. The minimum Gasteiger partial charge on any atom is -0.494 e. The van der Waals surface area contributed by atoms with Crippen LogP contribution >= 0.6 is 12.4 Å². The molecule has 1 amide bonds. The molecule has 10 heteroatoms. The molecule has 2 unspecified atom stereocenters. The van der Waals surface area contributed by atoms with E-state index in [2.05, 4.69) is 15.4 Å². The number of aliphatic hydroxyl groups is 1. The Hall–Kier alpha value is -1.39. The number of nitrogens with one attached hydrogen (secondary N) is 3. The summed E-state index contributed by atoms with van der Waals surface area (Å²) in [6.45, 7) is 3.92. The highest BCUT2D eigenvalue weighted by molar-refractivity contribution is 7.89. The molecule has 1 aliphatic rings. The number of carbonyl (C=O) groups is 1. The van der Waals surface area contributed by atoms with Gasteiger partial charge in [-0.1, -0.05) is 0 Å². The van der Waals surface area contributed by atoms with Crippen LogP contribution in [0.3, 0.4) is 0 Å². The third kappa shape index (κ3) is 6.73. The lowest BCUT2D eigenvalue weighted by Crippen LogP contribution is -2.36. The van der Waals surface area contributed by atoms with Crippen LogP contribution in [0.1, 0.15) is 13.3 Å². The molecule has 1 aliphatic heterocycles. The van der Waals surface area contributed by atoms with Crippen molar-refractivity contribution in [3.8, 4) is 5.75 Å². The zero-order valence-corrected chi connectivity index (χ0v) is 16.2. The summed E-state index contributed by atoms with van der Waals surface area (Å²) in [4.78, 5) is 11.9. The number of benzene rings is 1. The zero-order valence-electron chi connectivity index (χ0n) is 14.6. The molecule has 0 saturated carbocycles. The largest absolute Gasteiger partial charge is 0.494 e. The second kappa shape index (κ2) is 10.7. The van der Waals surface area contributed by atoms with Crippen LogP contribution in [0.5, 0.6) is 5.75 Å². The van der Waals surface area contributed by atoms with E-state index >= 15 is 0 Å². The Bertz CT molecular complexity index is 669. The summed E-state index contributed by atoms with van der Waals surface area (Å²) in [6, 6.07) is 6.10. The molecule has 2 rings (SSSR count). The van der Waals surface area contributed by atoms with E-state index in [4.69, 9.17) is 4.74 Å². The Morgan fingerprint density at radius 3 is 2.58 bits per heavy atom. The molecule has 1 saturated heterocycles. The summed E-state index contributed by atoms with van der Waals surface area (Å²) in [5, 5.41) is 15.4. The number of amides is 1. The molecule has 1 aromatic rings. The number of sulfonamides is 1. The Morgan fingerprint density at radius 1 is 1.31 bits per heavy atom. The molecule has 4 N–H and O–H groups in total. The minimum atomic E-state index is -3.66. The second-order valence-electron chi connectivity index (χ2n) is 5.84. The van der Waals surface area contributed by atoms with Gasteiger partial charge >= 0.3 is 0 Å². The van der Waals surface area contributed by atoms with Gasteiger partial charge in [-0.3, -0.25) is 4.79 Å². The van der Waals surface area contributed by atoms with Crippen molar-refractivity contribution in [2.24, 2.45) is 5.92 Å². The van der Waals surface area contributed by atoms with E-state index in [0.29, 0.717) is 32.0 Å². The molecule has 0 bridgehead atoms. The maximum Gasteiger partial charge on any atom is 0.240 e. The van der Waals surface area contributed by atoms with Crippen molar-refractivity contribution >= 4 is 28.3 Å². The maximum atomic E-state index is 12.2. The van der Waals surface area contributed by atoms with Gasteiger partial charge < -0.3 is 20.5 Å². The first-order valence-electron chi connectivity index (χ1n) is 8.30. The Kier molecular flexibility index (Phi) is 9.31. The molecular formula is C16H26ClN3O5S. The predicted octanol–water partition coefficient (Wildman–Crippen LogP) is -0.128. The molecule has 2 atom stereocenters. The van der Waals surface area contributed by atoms with Gasteiger partial charge in [0.2, 0.25) is 15.9 Å². The van der Waals surface area contributed by atoms with Gasteiger partial charge in [0.15, 0.2) is 0 Å². The summed E-state index contributed by atoms with van der Waals surface area (Å²) < 4.78 is 32.0. The fraction of sp³-hybridized carbons (Fsp3) is 0.562. The normalized spacial score (nSPS) is 19.6. The third-order valence-electron chi connectivity index (χ3n) is 3.95. The first kappa shape index (κ1) is 22.7. The average Bonchev–Trinajstić information content (AvgIpc) is 2.99. The van der Waals surface area contributed by atoms with Gasteiger partial charge in [-0.05, 0) is 31.2 Å². The first-order chi connectivity index (χ1) is 11.9. The fourth-order valence-electron chi connectivity index (χ4n) is 2.52. The Balaban J connectivity index is 0.00000338. The number of halogens is 1. The summed E-state index contributed by atoms with van der Waals surface area (Å²) in [5.74, 6) is 0.336. The lowest BCUT2D eigenvalue weighted by Gasteiger charge is -2.14. The molecule has 8 nitrogen and oxygen atoms in total. The SMILES string of the molecule is CCOc1ccc(S(=O)(=O)NCCC(=O)NCC2CNCC2O)cc1.Cl. The van der Waals surface area contributed by atoms with Gasteiger partial charge in [-0.2, -0.15) is 0 Å². The van der Waals surface area contributed by atoms with Crippen LogP contribution in [0.2, 0.25) is 0 Å². The van der Waals surface area contributed by atoms with Crippen molar-refractivity contribution in [1.82, 2.24) is 15.4 Å². The number of rotatable bonds is 9. The quantitative estimate of drug-likeness (QED) is 0.453. The van der Waals surface area contributed by atoms with Crippen molar-refractivity contribution < 1.29 is 23.1 Å². The Labute approximate surface area is 160 Å². The molecule has 0 spiro atoms. The van der Waals surface area contributed by atoms with E-state index in [0.717, 1.165) is 0 Å². The molecule has 1 aromatic carbocycles. The number of hydrogen-bond acceptors (Lipinski definition) is 6. The first-order valence-corrected chi connectivity index (χ1v) is 9.78. The van der Waals surface area contributed by atoms with Gasteiger partial charge in [-0.25, -0.2) is 13.1 Å². The van der Waals surface area contributed by atoms with Crippen molar-refractivity contribution in [2.75, 3.05) is 32.8 Å². The molecule has 26 heavy (non-hydrogen) atoms. The lowest BCUT2D eigenvalue weighted by atomic mass is 10.1. The van der Waals surface area contributed by atoms with E-state index in [9.17, 15) is 18.3 Å². The molecule has 1 heterocycles. The highest BCUT2D eigenvalue weighted by atomic mass is 35.5. The van der Waals surface area contributed by atoms with E-state index in [1.54, 1.807) is 12.1 Å². The smallest absolute Gasteiger partial charge is 0.240 e. The topological polar surface area (TPSA) is 117 Å². The minimum absolute atomic E-state index is 0. The lowest BCUT2D eigenvalue weighted by molar-refractivity contribution is -0.121. The number of aliphatic hydroxyl groups excluding tert-OH is 1. The van der Waals surface area contributed by atoms with Crippen LogP contribution in [0.25, 0.3) is 0 Å². The summed E-state index contributed by atoms with van der Waals surface area (Å²) in [6.07, 6.45) is -0.426. The predicted molar refractivity (Wildman–Crippen MR) is 100 cm³/mol. The van der Waals surface area contributed by atoms with Crippen LogP contribution < -0.4 is 20.1 Å². The number of β-amino-alcohol motifs (C(OH)–C–C–N with tert-alkyl or cyclic N) is 1. The van der Waals surface area contributed by atoms with E-state index in [1.807, 2.05) is 6.92 Å².